The summed E-state index contributed by atoms with van der Waals surface area (Å²) < 4.78 is 5.19. The van der Waals surface area contributed by atoms with Gasteiger partial charge < -0.3 is 9.84 Å². The number of carbonyl (C=O) groups is 1. The van der Waals surface area contributed by atoms with Crippen molar-refractivity contribution >= 4 is 5.91 Å². The van der Waals surface area contributed by atoms with Gasteiger partial charge in [-0.1, -0.05) is 65.3 Å². The molecule has 0 fully saturated rings. The molecule has 3 rings (SSSR count). The maximum Gasteiger partial charge on any atom is 0.290 e. The van der Waals surface area contributed by atoms with Crippen molar-refractivity contribution in [3.8, 4) is 11.3 Å². The molecule has 4 heteroatoms. The molecule has 4 nitrogen and oxygen atoms in total. The molecule has 0 aliphatic carbocycles. The van der Waals surface area contributed by atoms with Gasteiger partial charge in [-0.3, -0.25) is 4.79 Å². The Hall–Kier alpha value is -2.88. The average molecular weight is 306 g/mol. The van der Waals surface area contributed by atoms with E-state index in [1.807, 2.05) is 68.4 Å². The fourth-order valence-electron chi connectivity index (χ4n) is 2.34. The molecule has 1 heterocycles. The molecule has 116 valence electrons. The minimum absolute atomic E-state index is 0.100. The zero-order valence-corrected chi connectivity index (χ0v) is 13.1. The monoisotopic (exact) mass is 306 g/mol. The number of amides is 1. The number of aryl methyl sites for hydroxylation is 1. The Morgan fingerprint density at radius 2 is 1.78 bits per heavy atom. The molecular formula is C19H18N2O2. The molecule has 0 aliphatic rings. The molecule has 1 unspecified atom stereocenters. The predicted octanol–water partition coefficient (Wildman–Crippen LogP) is 4.14. The SMILES string of the molecule is Cc1ccc(-c2cc(C(=O)NC(C)c3ccccc3)on2)cc1. The van der Waals surface area contributed by atoms with Crippen LogP contribution in [-0.4, -0.2) is 11.1 Å². The van der Waals surface area contributed by atoms with Crippen LogP contribution in [0.3, 0.4) is 0 Å². The van der Waals surface area contributed by atoms with E-state index in [1.54, 1.807) is 6.07 Å². The molecule has 1 atom stereocenters. The summed E-state index contributed by atoms with van der Waals surface area (Å²) in [7, 11) is 0. The Kier molecular flexibility index (Phi) is 4.24. The highest BCUT2D eigenvalue weighted by molar-refractivity contribution is 5.92. The zero-order chi connectivity index (χ0) is 16.2. The largest absolute Gasteiger partial charge is 0.350 e. The molecule has 3 aromatic rings. The van der Waals surface area contributed by atoms with Crippen molar-refractivity contribution in [3.05, 3.63) is 77.6 Å². The summed E-state index contributed by atoms with van der Waals surface area (Å²) in [5.41, 5.74) is 3.79. The summed E-state index contributed by atoms with van der Waals surface area (Å²) in [6, 6.07) is 19.3. The fourth-order valence-corrected chi connectivity index (χ4v) is 2.34. The molecule has 0 saturated heterocycles. The lowest BCUT2D eigenvalue weighted by Crippen LogP contribution is -2.26. The van der Waals surface area contributed by atoms with Gasteiger partial charge in [0.1, 0.15) is 5.69 Å². The molecule has 2 aromatic carbocycles. The van der Waals surface area contributed by atoms with Gasteiger partial charge in [0.2, 0.25) is 5.76 Å². The second-order valence-corrected chi connectivity index (χ2v) is 5.55. The quantitative estimate of drug-likeness (QED) is 0.788. The van der Waals surface area contributed by atoms with Crippen molar-refractivity contribution in [1.82, 2.24) is 10.5 Å². The topological polar surface area (TPSA) is 55.1 Å². The van der Waals surface area contributed by atoms with Gasteiger partial charge in [-0.2, -0.15) is 0 Å². The molecule has 23 heavy (non-hydrogen) atoms. The van der Waals surface area contributed by atoms with Crippen molar-refractivity contribution in [2.75, 3.05) is 0 Å². The molecule has 1 N–H and O–H groups in total. The number of hydrogen-bond donors (Lipinski definition) is 1. The maximum atomic E-state index is 12.3. The smallest absolute Gasteiger partial charge is 0.290 e. The van der Waals surface area contributed by atoms with E-state index in [4.69, 9.17) is 4.52 Å². The molecule has 1 aromatic heterocycles. The highest BCUT2D eigenvalue weighted by atomic mass is 16.5. The van der Waals surface area contributed by atoms with Crippen LogP contribution in [0.25, 0.3) is 11.3 Å². The van der Waals surface area contributed by atoms with E-state index in [2.05, 4.69) is 10.5 Å². The summed E-state index contributed by atoms with van der Waals surface area (Å²) in [5.74, 6) is -0.0597. The standard InChI is InChI=1S/C19H18N2O2/c1-13-8-10-16(11-9-13)17-12-18(23-21-17)19(22)20-14(2)15-6-4-3-5-7-15/h3-12,14H,1-2H3,(H,20,22). The van der Waals surface area contributed by atoms with Gasteiger partial charge in [-0.15, -0.1) is 0 Å². The first kappa shape index (κ1) is 15.0. The van der Waals surface area contributed by atoms with Crippen LogP contribution in [0.4, 0.5) is 0 Å². The molecule has 1 amide bonds. The first-order valence-corrected chi connectivity index (χ1v) is 7.53. The summed E-state index contributed by atoms with van der Waals surface area (Å²) in [5, 5.41) is 6.90. The first-order valence-electron chi connectivity index (χ1n) is 7.53. The van der Waals surface area contributed by atoms with Crippen molar-refractivity contribution in [1.29, 1.82) is 0 Å². The molecule has 0 saturated carbocycles. The molecule has 0 bridgehead atoms. The third kappa shape index (κ3) is 3.48. The van der Waals surface area contributed by atoms with Crippen molar-refractivity contribution in [2.24, 2.45) is 0 Å². The Bertz CT molecular complexity index is 792. The number of nitrogens with zero attached hydrogens (tertiary/aromatic N) is 1. The van der Waals surface area contributed by atoms with Gasteiger partial charge in [-0.25, -0.2) is 0 Å². The van der Waals surface area contributed by atoms with E-state index in [-0.39, 0.29) is 17.7 Å². The van der Waals surface area contributed by atoms with E-state index >= 15 is 0 Å². The normalized spacial score (nSPS) is 11.9. The fraction of sp³-hybridized carbons (Fsp3) is 0.158. The molecule has 0 aliphatic heterocycles. The predicted molar refractivity (Wildman–Crippen MR) is 89.0 cm³/mol. The van der Waals surface area contributed by atoms with Gasteiger partial charge in [-0.05, 0) is 19.4 Å². The molecule has 0 radical (unpaired) electrons. The highest BCUT2D eigenvalue weighted by Crippen LogP contribution is 2.20. The minimum atomic E-state index is -0.271. The van der Waals surface area contributed by atoms with Crippen molar-refractivity contribution < 1.29 is 9.32 Å². The van der Waals surface area contributed by atoms with Crippen LogP contribution in [0.2, 0.25) is 0 Å². The lowest BCUT2D eigenvalue weighted by atomic mass is 10.1. The molecular weight excluding hydrogens is 288 g/mol. The number of rotatable bonds is 4. The Balaban J connectivity index is 1.72. The third-order valence-corrected chi connectivity index (χ3v) is 3.73. The lowest BCUT2D eigenvalue weighted by molar-refractivity contribution is 0.0902. The number of carbonyl (C=O) groups excluding carboxylic acids is 1. The lowest BCUT2D eigenvalue weighted by Gasteiger charge is -2.12. The Labute approximate surface area is 135 Å². The zero-order valence-electron chi connectivity index (χ0n) is 13.1. The van der Waals surface area contributed by atoms with Crippen LogP contribution in [0.15, 0.2) is 65.2 Å². The second-order valence-electron chi connectivity index (χ2n) is 5.55. The van der Waals surface area contributed by atoms with Gasteiger partial charge >= 0.3 is 0 Å². The Morgan fingerprint density at radius 1 is 1.09 bits per heavy atom. The Morgan fingerprint density at radius 3 is 2.48 bits per heavy atom. The van der Waals surface area contributed by atoms with Crippen LogP contribution < -0.4 is 5.32 Å². The van der Waals surface area contributed by atoms with E-state index < -0.39 is 0 Å². The highest BCUT2D eigenvalue weighted by Gasteiger charge is 2.16. The second kappa shape index (κ2) is 6.48. The van der Waals surface area contributed by atoms with Crippen LogP contribution in [0.1, 0.15) is 34.6 Å². The van der Waals surface area contributed by atoms with Crippen molar-refractivity contribution in [3.63, 3.8) is 0 Å². The van der Waals surface area contributed by atoms with Gasteiger partial charge in [0, 0.05) is 11.6 Å². The van der Waals surface area contributed by atoms with E-state index in [1.165, 1.54) is 5.56 Å². The number of aromatic nitrogens is 1. The summed E-state index contributed by atoms with van der Waals surface area (Å²) in [6.07, 6.45) is 0. The van der Waals surface area contributed by atoms with Crippen LogP contribution in [-0.2, 0) is 0 Å². The van der Waals surface area contributed by atoms with Crippen molar-refractivity contribution in [2.45, 2.75) is 19.9 Å². The van der Waals surface area contributed by atoms with E-state index in [9.17, 15) is 4.79 Å². The number of nitrogens with one attached hydrogen (secondary N) is 1. The number of hydrogen-bond acceptors (Lipinski definition) is 3. The maximum absolute atomic E-state index is 12.3. The van der Waals surface area contributed by atoms with Crippen LogP contribution in [0, 0.1) is 6.92 Å². The van der Waals surface area contributed by atoms with Gasteiger partial charge in [0.05, 0.1) is 6.04 Å². The van der Waals surface area contributed by atoms with Crippen LogP contribution >= 0.6 is 0 Å². The van der Waals surface area contributed by atoms with E-state index in [0.717, 1.165) is 11.1 Å². The van der Waals surface area contributed by atoms with Gasteiger partial charge in [0.15, 0.2) is 0 Å². The summed E-state index contributed by atoms with van der Waals surface area (Å²) in [6.45, 7) is 3.96. The summed E-state index contributed by atoms with van der Waals surface area (Å²) >= 11 is 0. The van der Waals surface area contributed by atoms with E-state index in [0.29, 0.717) is 5.69 Å². The molecule has 0 spiro atoms. The summed E-state index contributed by atoms with van der Waals surface area (Å²) in [4.78, 5) is 12.3. The number of benzene rings is 2. The average Bonchev–Trinajstić information content (AvgIpc) is 3.06. The third-order valence-electron chi connectivity index (χ3n) is 3.73. The van der Waals surface area contributed by atoms with Crippen LogP contribution in [0.5, 0.6) is 0 Å². The first-order chi connectivity index (χ1) is 11.1. The van der Waals surface area contributed by atoms with Gasteiger partial charge in [0.25, 0.3) is 5.91 Å². The minimum Gasteiger partial charge on any atom is -0.350 e.